The van der Waals surface area contributed by atoms with E-state index >= 15 is 0 Å². The number of fused-ring (bicyclic) bond motifs is 3. The molecule has 4 nitrogen and oxygen atoms in total. The Bertz CT molecular complexity index is 936. The lowest BCUT2D eigenvalue weighted by atomic mass is 9.82. The van der Waals surface area contributed by atoms with Crippen molar-refractivity contribution in [2.45, 2.75) is 0 Å². The zero-order valence-electron chi connectivity index (χ0n) is 13.3. The van der Waals surface area contributed by atoms with E-state index in [1.165, 1.54) is 0 Å². The van der Waals surface area contributed by atoms with Crippen molar-refractivity contribution in [2.75, 3.05) is 14.2 Å². The van der Waals surface area contributed by atoms with E-state index in [2.05, 4.69) is 0 Å². The summed E-state index contributed by atoms with van der Waals surface area (Å²) in [4.78, 5) is 25.7. The summed E-state index contributed by atoms with van der Waals surface area (Å²) in [6.45, 7) is 0. The molecule has 4 heteroatoms. The molecule has 0 saturated carbocycles. The number of methoxy groups -OCH3 is 2. The Morgan fingerprint density at radius 3 is 1.42 bits per heavy atom. The summed E-state index contributed by atoms with van der Waals surface area (Å²) in [5.41, 5.74) is 1.68. The molecule has 24 heavy (non-hydrogen) atoms. The third kappa shape index (κ3) is 1.86. The molecule has 0 aromatic heterocycles. The number of rotatable bonds is 2. The highest BCUT2D eigenvalue weighted by Gasteiger charge is 2.30. The second-order valence-electron chi connectivity index (χ2n) is 5.62. The second kappa shape index (κ2) is 5.20. The van der Waals surface area contributed by atoms with E-state index in [1.807, 2.05) is 0 Å². The van der Waals surface area contributed by atoms with Gasteiger partial charge in [0.05, 0.1) is 14.2 Å². The van der Waals surface area contributed by atoms with Gasteiger partial charge in [-0.25, -0.2) is 0 Å². The first-order chi connectivity index (χ1) is 11.7. The van der Waals surface area contributed by atoms with Crippen LogP contribution in [0.2, 0.25) is 0 Å². The van der Waals surface area contributed by atoms with Gasteiger partial charge >= 0.3 is 0 Å². The zero-order chi connectivity index (χ0) is 16.8. The van der Waals surface area contributed by atoms with Gasteiger partial charge in [-0.3, -0.25) is 9.59 Å². The van der Waals surface area contributed by atoms with E-state index < -0.39 is 0 Å². The Kier molecular flexibility index (Phi) is 3.13. The van der Waals surface area contributed by atoms with Crippen LogP contribution in [-0.4, -0.2) is 25.8 Å². The SMILES string of the molecule is COc1ccc(OC)c2cc3c(cc12)C(=O)c1ccccc1C3=O. The molecule has 0 spiro atoms. The molecule has 0 heterocycles. The van der Waals surface area contributed by atoms with Crippen molar-refractivity contribution >= 4 is 22.3 Å². The van der Waals surface area contributed by atoms with Gasteiger partial charge in [-0.15, -0.1) is 0 Å². The van der Waals surface area contributed by atoms with Crippen LogP contribution in [0.4, 0.5) is 0 Å². The van der Waals surface area contributed by atoms with Crippen molar-refractivity contribution < 1.29 is 19.1 Å². The molecule has 1 aliphatic carbocycles. The first-order valence-electron chi connectivity index (χ1n) is 7.53. The molecule has 1 aliphatic rings. The van der Waals surface area contributed by atoms with E-state index in [9.17, 15) is 9.59 Å². The van der Waals surface area contributed by atoms with E-state index in [0.29, 0.717) is 33.8 Å². The molecule has 0 unspecified atom stereocenters. The maximum Gasteiger partial charge on any atom is 0.194 e. The van der Waals surface area contributed by atoms with Gasteiger partial charge < -0.3 is 9.47 Å². The van der Waals surface area contributed by atoms with Crippen molar-refractivity contribution in [3.8, 4) is 11.5 Å². The highest BCUT2D eigenvalue weighted by molar-refractivity contribution is 6.29. The molecule has 0 atom stereocenters. The summed E-state index contributed by atoms with van der Waals surface area (Å²) >= 11 is 0. The lowest BCUT2D eigenvalue weighted by molar-refractivity contribution is 0.0979. The Morgan fingerprint density at radius 2 is 1.04 bits per heavy atom. The van der Waals surface area contributed by atoms with Gasteiger partial charge in [0.25, 0.3) is 0 Å². The van der Waals surface area contributed by atoms with Crippen LogP contribution in [0.5, 0.6) is 11.5 Å². The normalized spacial score (nSPS) is 12.8. The van der Waals surface area contributed by atoms with Crippen molar-refractivity contribution in [3.63, 3.8) is 0 Å². The molecular weight excluding hydrogens is 304 g/mol. The maximum absolute atomic E-state index is 12.8. The number of carbonyl (C=O) groups excluding carboxylic acids is 2. The van der Waals surface area contributed by atoms with Gasteiger partial charge in [-0.2, -0.15) is 0 Å². The Balaban J connectivity index is 2.08. The molecule has 0 radical (unpaired) electrons. The summed E-state index contributed by atoms with van der Waals surface area (Å²) < 4.78 is 10.8. The van der Waals surface area contributed by atoms with Crippen LogP contribution in [0.1, 0.15) is 31.8 Å². The molecule has 3 aromatic rings. The predicted octanol–water partition coefficient (Wildman–Crippen LogP) is 3.63. The minimum absolute atomic E-state index is 0.146. The topological polar surface area (TPSA) is 52.6 Å². The monoisotopic (exact) mass is 318 g/mol. The van der Waals surface area contributed by atoms with Crippen LogP contribution in [-0.2, 0) is 0 Å². The van der Waals surface area contributed by atoms with E-state index in [-0.39, 0.29) is 11.6 Å². The van der Waals surface area contributed by atoms with Gasteiger partial charge in [0.1, 0.15) is 11.5 Å². The van der Waals surface area contributed by atoms with Crippen molar-refractivity contribution in [2.24, 2.45) is 0 Å². The molecule has 118 valence electrons. The standard InChI is InChI=1S/C20H14O4/c1-23-17-7-8-18(24-2)14-10-16-15(9-13(14)17)19(21)11-5-3-4-6-12(11)20(16)22/h3-10H,1-2H3. The Hall–Kier alpha value is -3.14. The van der Waals surface area contributed by atoms with Crippen molar-refractivity contribution in [1.82, 2.24) is 0 Å². The largest absolute Gasteiger partial charge is 0.496 e. The molecule has 0 aliphatic heterocycles. The van der Waals surface area contributed by atoms with Crippen LogP contribution in [0.15, 0.2) is 48.5 Å². The predicted molar refractivity (Wildman–Crippen MR) is 90.4 cm³/mol. The first-order valence-corrected chi connectivity index (χ1v) is 7.53. The van der Waals surface area contributed by atoms with Crippen LogP contribution < -0.4 is 9.47 Å². The maximum atomic E-state index is 12.8. The zero-order valence-corrected chi connectivity index (χ0v) is 13.3. The van der Waals surface area contributed by atoms with Gasteiger partial charge in [-0.1, -0.05) is 24.3 Å². The highest BCUT2D eigenvalue weighted by Crippen LogP contribution is 2.38. The van der Waals surface area contributed by atoms with Crippen LogP contribution in [0, 0.1) is 0 Å². The van der Waals surface area contributed by atoms with Crippen LogP contribution >= 0.6 is 0 Å². The van der Waals surface area contributed by atoms with Crippen LogP contribution in [0.25, 0.3) is 10.8 Å². The average Bonchev–Trinajstić information content (AvgIpc) is 2.64. The fraction of sp³-hybridized carbons (Fsp3) is 0.100. The molecule has 3 aromatic carbocycles. The summed E-state index contributed by atoms with van der Waals surface area (Å²) in [6, 6.07) is 13.9. The lowest BCUT2D eigenvalue weighted by Gasteiger charge is -2.19. The summed E-state index contributed by atoms with van der Waals surface area (Å²) in [7, 11) is 3.14. The fourth-order valence-corrected chi connectivity index (χ4v) is 3.24. The van der Waals surface area contributed by atoms with Crippen LogP contribution in [0.3, 0.4) is 0 Å². The molecular formula is C20H14O4. The highest BCUT2D eigenvalue weighted by atomic mass is 16.5. The third-order valence-electron chi connectivity index (χ3n) is 4.42. The summed E-state index contributed by atoms with van der Waals surface area (Å²) in [6.07, 6.45) is 0. The number of ketones is 2. The van der Waals surface area contributed by atoms with Gasteiger partial charge in [0.2, 0.25) is 0 Å². The quantitative estimate of drug-likeness (QED) is 0.566. The van der Waals surface area contributed by atoms with Gasteiger partial charge in [-0.05, 0) is 24.3 Å². The Morgan fingerprint density at radius 1 is 0.625 bits per heavy atom. The number of ether oxygens (including phenoxy) is 2. The molecule has 0 N–H and O–H groups in total. The van der Waals surface area contributed by atoms with E-state index in [1.54, 1.807) is 62.8 Å². The Labute approximate surface area is 138 Å². The number of benzene rings is 3. The van der Waals surface area contributed by atoms with E-state index in [0.717, 1.165) is 10.8 Å². The van der Waals surface area contributed by atoms with Gasteiger partial charge in [0.15, 0.2) is 11.6 Å². The number of hydrogen-bond acceptors (Lipinski definition) is 4. The lowest BCUT2D eigenvalue weighted by Crippen LogP contribution is -2.20. The molecule has 0 fully saturated rings. The molecule has 0 bridgehead atoms. The smallest absolute Gasteiger partial charge is 0.194 e. The number of carbonyl (C=O) groups is 2. The summed E-state index contributed by atoms with van der Waals surface area (Å²) in [5, 5.41) is 1.49. The fourth-order valence-electron chi connectivity index (χ4n) is 3.24. The minimum atomic E-state index is -0.146. The number of hydrogen-bond donors (Lipinski definition) is 0. The van der Waals surface area contributed by atoms with Crippen molar-refractivity contribution in [1.29, 1.82) is 0 Å². The minimum Gasteiger partial charge on any atom is -0.496 e. The van der Waals surface area contributed by atoms with Gasteiger partial charge in [0, 0.05) is 33.0 Å². The summed E-state index contributed by atoms with van der Waals surface area (Å²) in [5.74, 6) is 0.972. The third-order valence-corrected chi connectivity index (χ3v) is 4.42. The molecule has 0 saturated heterocycles. The molecule has 0 amide bonds. The average molecular weight is 318 g/mol. The molecule has 4 rings (SSSR count). The second-order valence-corrected chi connectivity index (χ2v) is 5.62. The van der Waals surface area contributed by atoms with E-state index in [4.69, 9.17) is 9.47 Å². The van der Waals surface area contributed by atoms with Crippen molar-refractivity contribution in [3.05, 3.63) is 70.8 Å². The first kappa shape index (κ1) is 14.5.